The number of carbonyl (C=O) groups is 1. The van der Waals surface area contributed by atoms with E-state index in [-0.39, 0.29) is 5.91 Å². The molecule has 0 bridgehead atoms. The minimum atomic E-state index is 0.0193. The van der Waals surface area contributed by atoms with Gasteiger partial charge in [-0.25, -0.2) is 4.98 Å². The minimum Gasteiger partial charge on any atom is -0.344 e. The molecule has 0 saturated heterocycles. The van der Waals surface area contributed by atoms with E-state index in [2.05, 4.69) is 29.0 Å². The number of allylic oxidation sites excluding steroid dienone is 2. The van der Waals surface area contributed by atoms with E-state index in [1.54, 1.807) is 12.3 Å². The van der Waals surface area contributed by atoms with Crippen LogP contribution in [0.3, 0.4) is 0 Å². The fourth-order valence-corrected chi connectivity index (χ4v) is 4.01. The number of pyridine rings is 1. The van der Waals surface area contributed by atoms with Crippen molar-refractivity contribution in [2.75, 3.05) is 18.4 Å². The molecule has 1 amide bonds. The molecule has 0 fully saturated rings. The molecule has 0 atom stereocenters. The highest BCUT2D eigenvalue weighted by molar-refractivity contribution is 6.32. The number of aryl methyl sites for hydroxylation is 1. The summed E-state index contributed by atoms with van der Waals surface area (Å²) < 4.78 is 0. The third-order valence-corrected chi connectivity index (χ3v) is 5.69. The van der Waals surface area contributed by atoms with Crippen molar-refractivity contribution in [1.82, 2.24) is 9.88 Å². The largest absolute Gasteiger partial charge is 0.344 e. The first-order valence-electron chi connectivity index (χ1n) is 9.95. The summed E-state index contributed by atoms with van der Waals surface area (Å²) in [4.78, 5) is 19.0. The smallest absolute Gasteiger partial charge is 0.246 e. The van der Waals surface area contributed by atoms with E-state index in [1.165, 1.54) is 5.57 Å². The first kappa shape index (κ1) is 19.5. The minimum absolute atomic E-state index is 0.0193. The molecule has 0 aliphatic carbocycles. The summed E-state index contributed by atoms with van der Waals surface area (Å²) in [7, 11) is 0. The maximum Gasteiger partial charge on any atom is 0.246 e. The Hall–Kier alpha value is -2.85. The Balaban J connectivity index is 1.43. The van der Waals surface area contributed by atoms with Crippen molar-refractivity contribution in [3.8, 4) is 0 Å². The van der Waals surface area contributed by atoms with Gasteiger partial charge in [-0.1, -0.05) is 42.5 Å². The highest BCUT2D eigenvalue weighted by Crippen LogP contribution is 2.29. The Morgan fingerprint density at radius 1 is 1.24 bits per heavy atom. The monoisotopic (exact) mass is 405 g/mol. The molecular weight excluding hydrogens is 382 g/mol. The van der Waals surface area contributed by atoms with E-state index in [1.807, 2.05) is 35.2 Å². The van der Waals surface area contributed by atoms with Gasteiger partial charge >= 0.3 is 0 Å². The lowest BCUT2D eigenvalue weighted by Crippen LogP contribution is -2.29. The molecule has 0 unspecified atom stereocenters. The Morgan fingerprint density at radius 3 is 2.97 bits per heavy atom. The zero-order valence-electron chi connectivity index (χ0n) is 16.3. The fourth-order valence-electron chi connectivity index (χ4n) is 3.75. The Kier molecular flexibility index (Phi) is 5.81. The number of hydrogen-bond acceptors (Lipinski definition) is 3. The molecule has 5 heteroatoms. The number of nitrogens with one attached hydrogen (secondary N) is 1. The van der Waals surface area contributed by atoms with Gasteiger partial charge in [0, 0.05) is 36.1 Å². The molecule has 1 N–H and O–H groups in total. The maximum absolute atomic E-state index is 12.7. The van der Waals surface area contributed by atoms with Gasteiger partial charge in [0.25, 0.3) is 0 Å². The summed E-state index contributed by atoms with van der Waals surface area (Å²) in [6.07, 6.45) is 11.1. The summed E-state index contributed by atoms with van der Waals surface area (Å²) in [5.41, 5.74) is 5.37. The van der Waals surface area contributed by atoms with Crippen molar-refractivity contribution >= 4 is 35.0 Å². The van der Waals surface area contributed by atoms with E-state index in [0.717, 1.165) is 65.5 Å². The van der Waals surface area contributed by atoms with Gasteiger partial charge in [-0.05, 0) is 66.2 Å². The van der Waals surface area contributed by atoms with Crippen LogP contribution in [0.2, 0.25) is 5.02 Å². The molecule has 2 aromatic rings. The third-order valence-electron chi connectivity index (χ3n) is 5.36. The van der Waals surface area contributed by atoms with Crippen LogP contribution in [0, 0.1) is 0 Å². The summed E-state index contributed by atoms with van der Waals surface area (Å²) in [5.74, 6) is 0.889. The Labute approximate surface area is 176 Å². The van der Waals surface area contributed by atoms with E-state index in [0.29, 0.717) is 6.54 Å². The molecule has 2 aliphatic heterocycles. The predicted octanol–water partition coefficient (Wildman–Crippen LogP) is 5.33. The SMILES string of the molecule is C=C1CCc2cc(/C=C/C(=O)N3CC=C(c4ccccc4Cl)CCC3)cnc2N1. The fraction of sp³-hybridized carbons (Fsp3) is 0.250. The second-order valence-corrected chi connectivity index (χ2v) is 7.84. The van der Waals surface area contributed by atoms with Gasteiger partial charge in [0.1, 0.15) is 5.82 Å². The van der Waals surface area contributed by atoms with Crippen LogP contribution in [0.1, 0.15) is 36.0 Å². The number of hydrogen-bond donors (Lipinski definition) is 1. The summed E-state index contributed by atoms with van der Waals surface area (Å²) >= 11 is 6.34. The van der Waals surface area contributed by atoms with Crippen LogP contribution in [0.5, 0.6) is 0 Å². The molecule has 0 saturated carbocycles. The zero-order valence-corrected chi connectivity index (χ0v) is 17.1. The number of anilines is 1. The molecule has 4 nitrogen and oxygen atoms in total. The molecular formula is C24H24ClN3O. The van der Waals surface area contributed by atoms with Crippen molar-refractivity contribution in [2.24, 2.45) is 0 Å². The molecule has 4 rings (SSSR count). The van der Waals surface area contributed by atoms with Crippen LogP contribution in [-0.2, 0) is 11.2 Å². The van der Waals surface area contributed by atoms with Gasteiger partial charge in [-0.3, -0.25) is 4.79 Å². The van der Waals surface area contributed by atoms with Gasteiger partial charge in [-0.2, -0.15) is 0 Å². The summed E-state index contributed by atoms with van der Waals surface area (Å²) in [5, 5.41) is 3.97. The molecule has 0 radical (unpaired) electrons. The van der Waals surface area contributed by atoms with Gasteiger partial charge in [0.15, 0.2) is 0 Å². The van der Waals surface area contributed by atoms with E-state index in [4.69, 9.17) is 11.6 Å². The number of nitrogens with zero attached hydrogens (tertiary/aromatic N) is 2. The van der Waals surface area contributed by atoms with E-state index >= 15 is 0 Å². The number of benzene rings is 1. The standard InChI is InChI=1S/C24H24ClN3O/c1-17-8-10-20-15-18(16-26-24(20)27-17)9-11-23(29)28-13-4-5-19(12-14-28)21-6-2-3-7-22(21)25/h2-3,6-7,9,11-12,15-16H,1,4-5,8,10,13-14H2,(H,26,27)/b11-9+. The van der Waals surface area contributed by atoms with Gasteiger partial charge < -0.3 is 10.2 Å². The first-order chi connectivity index (χ1) is 14.1. The van der Waals surface area contributed by atoms with Crippen molar-refractivity contribution in [2.45, 2.75) is 25.7 Å². The molecule has 148 valence electrons. The molecule has 1 aromatic heterocycles. The predicted molar refractivity (Wildman–Crippen MR) is 120 cm³/mol. The number of rotatable bonds is 3. The van der Waals surface area contributed by atoms with Crippen LogP contribution in [-0.4, -0.2) is 28.9 Å². The quantitative estimate of drug-likeness (QED) is 0.702. The van der Waals surface area contributed by atoms with E-state index in [9.17, 15) is 4.79 Å². The Bertz CT molecular complexity index is 1010. The highest BCUT2D eigenvalue weighted by atomic mass is 35.5. The summed E-state index contributed by atoms with van der Waals surface area (Å²) in [6.45, 7) is 5.29. The molecule has 29 heavy (non-hydrogen) atoms. The molecule has 0 spiro atoms. The van der Waals surface area contributed by atoms with Crippen molar-refractivity contribution in [3.05, 3.63) is 82.7 Å². The average molecular weight is 406 g/mol. The number of amides is 1. The van der Waals surface area contributed by atoms with Crippen molar-refractivity contribution in [3.63, 3.8) is 0 Å². The average Bonchev–Trinajstić information content (AvgIpc) is 2.98. The lowest BCUT2D eigenvalue weighted by Gasteiger charge is -2.19. The van der Waals surface area contributed by atoms with Crippen molar-refractivity contribution < 1.29 is 4.79 Å². The normalized spacial score (nSPS) is 16.8. The zero-order chi connectivity index (χ0) is 20.2. The van der Waals surface area contributed by atoms with Gasteiger partial charge in [-0.15, -0.1) is 0 Å². The number of fused-ring (bicyclic) bond motifs is 1. The lowest BCUT2D eigenvalue weighted by molar-refractivity contribution is -0.125. The van der Waals surface area contributed by atoms with Crippen LogP contribution < -0.4 is 5.32 Å². The molecule has 2 aliphatic rings. The first-order valence-corrected chi connectivity index (χ1v) is 10.3. The van der Waals surface area contributed by atoms with E-state index < -0.39 is 0 Å². The third kappa shape index (κ3) is 4.60. The van der Waals surface area contributed by atoms with Gasteiger partial charge in [0.2, 0.25) is 5.91 Å². The lowest BCUT2D eigenvalue weighted by atomic mass is 10.0. The number of aromatic nitrogens is 1. The van der Waals surface area contributed by atoms with Crippen LogP contribution in [0.15, 0.2) is 61.0 Å². The Morgan fingerprint density at radius 2 is 2.10 bits per heavy atom. The highest BCUT2D eigenvalue weighted by Gasteiger charge is 2.16. The second-order valence-electron chi connectivity index (χ2n) is 7.44. The number of halogens is 1. The number of carbonyl (C=O) groups excluding carboxylic acids is 1. The molecule has 1 aromatic carbocycles. The van der Waals surface area contributed by atoms with Crippen LogP contribution in [0.25, 0.3) is 11.6 Å². The van der Waals surface area contributed by atoms with Crippen LogP contribution >= 0.6 is 11.6 Å². The molecule has 3 heterocycles. The topological polar surface area (TPSA) is 45.2 Å². The van der Waals surface area contributed by atoms with Gasteiger partial charge in [0.05, 0.1) is 0 Å². The maximum atomic E-state index is 12.7. The van der Waals surface area contributed by atoms with Crippen LogP contribution in [0.4, 0.5) is 5.82 Å². The second kappa shape index (κ2) is 8.66. The van der Waals surface area contributed by atoms with Crippen molar-refractivity contribution in [1.29, 1.82) is 0 Å². The summed E-state index contributed by atoms with van der Waals surface area (Å²) in [6, 6.07) is 9.97.